The standard InChI is InChI=1S/C19H23N3O4/c1-24-16-13-22(15-5-3-2-4-6-15)20-17(16)18(23)21-9-7-14(8-10-21)19-25-11-12-26-19/h2-6,13-14,19H,7-12H2,1H3. The molecular weight excluding hydrogens is 334 g/mol. The van der Waals surface area contributed by atoms with Crippen molar-refractivity contribution < 1.29 is 19.0 Å². The van der Waals surface area contributed by atoms with Crippen molar-refractivity contribution in [2.24, 2.45) is 5.92 Å². The predicted octanol–water partition coefficient (Wildman–Crippen LogP) is 2.11. The van der Waals surface area contributed by atoms with Crippen LogP contribution in [0, 0.1) is 5.92 Å². The molecule has 2 fully saturated rings. The second-order valence-corrected chi connectivity index (χ2v) is 6.57. The molecule has 26 heavy (non-hydrogen) atoms. The number of carbonyl (C=O) groups is 1. The molecule has 0 saturated carbocycles. The molecule has 1 aromatic heterocycles. The van der Waals surface area contributed by atoms with Crippen LogP contribution in [0.15, 0.2) is 36.5 Å². The lowest BCUT2D eigenvalue weighted by atomic mass is 9.96. The lowest BCUT2D eigenvalue weighted by molar-refractivity contribution is -0.0956. The van der Waals surface area contributed by atoms with Crippen LogP contribution < -0.4 is 4.74 Å². The maximum absolute atomic E-state index is 13.0. The van der Waals surface area contributed by atoms with Crippen molar-refractivity contribution in [2.75, 3.05) is 33.4 Å². The number of hydrogen-bond acceptors (Lipinski definition) is 5. The third-order valence-electron chi connectivity index (χ3n) is 4.98. The molecule has 7 heteroatoms. The summed E-state index contributed by atoms with van der Waals surface area (Å²) in [5.41, 5.74) is 1.24. The van der Waals surface area contributed by atoms with Gasteiger partial charge < -0.3 is 19.1 Å². The van der Waals surface area contributed by atoms with Gasteiger partial charge in [0.2, 0.25) is 0 Å². The average Bonchev–Trinajstić information content (AvgIpc) is 3.38. The highest BCUT2D eigenvalue weighted by Crippen LogP contribution is 2.28. The van der Waals surface area contributed by atoms with Gasteiger partial charge in [0.05, 0.1) is 32.2 Å². The Hall–Kier alpha value is -2.38. The average molecular weight is 357 g/mol. The molecule has 3 heterocycles. The zero-order valence-electron chi connectivity index (χ0n) is 14.8. The van der Waals surface area contributed by atoms with Crippen LogP contribution in [0.4, 0.5) is 0 Å². The number of methoxy groups -OCH3 is 1. The quantitative estimate of drug-likeness (QED) is 0.838. The van der Waals surface area contributed by atoms with Crippen LogP contribution >= 0.6 is 0 Å². The molecule has 0 aliphatic carbocycles. The first-order valence-electron chi connectivity index (χ1n) is 8.98. The fourth-order valence-electron chi connectivity index (χ4n) is 3.54. The van der Waals surface area contributed by atoms with Crippen molar-refractivity contribution in [3.8, 4) is 11.4 Å². The number of aromatic nitrogens is 2. The molecule has 138 valence electrons. The van der Waals surface area contributed by atoms with Crippen molar-refractivity contribution in [2.45, 2.75) is 19.1 Å². The minimum absolute atomic E-state index is 0.0942. The van der Waals surface area contributed by atoms with E-state index in [0.717, 1.165) is 18.5 Å². The van der Waals surface area contributed by atoms with Crippen LogP contribution in [0.2, 0.25) is 0 Å². The summed E-state index contributed by atoms with van der Waals surface area (Å²) in [5, 5.41) is 4.47. The highest BCUT2D eigenvalue weighted by Gasteiger charge is 2.33. The van der Waals surface area contributed by atoms with Crippen molar-refractivity contribution in [3.63, 3.8) is 0 Å². The third kappa shape index (κ3) is 3.32. The van der Waals surface area contributed by atoms with Gasteiger partial charge in [-0.1, -0.05) is 18.2 Å². The SMILES string of the molecule is COc1cn(-c2ccccc2)nc1C(=O)N1CCC(C2OCCO2)CC1. The number of benzene rings is 1. The van der Waals surface area contributed by atoms with E-state index in [9.17, 15) is 4.79 Å². The van der Waals surface area contributed by atoms with E-state index in [2.05, 4.69) is 5.10 Å². The number of rotatable bonds is 4. The van der Waals surface area contributed by atoms with Gasteiger partial charge in [-0.15, -0.1) is 0 Å². The molecule has 1 aromatic carbocycles. The normalized spacial score (nSPS) is 19.0. The smallest absolute Gasteiger partial charge is 0.278 e. The Morgan fingerprint density at radius 2 is 1.85 bits per heavy atom. The number of piperidine rings is 1. The van der Waals surface area contributed by atoms with E-state index < -0.39 is 0 Å². The fraction of sp³-hybridized carbons (Fsp3) is 0.474. The maximum atomic E-state index is 13.0. The van der Waals surface area contributed by atoms with E-state index in [1.165, 1.54) is 0 Å². The summed E-state index contributed by atoms with van der Waals surface area (Å²) < 4.78 is 18.3. The molecule has 4 rings (SSSR count). The molecule has 0 spiro atoms. The van der Waals surface area contributed by atoms with Gasteiger partial charge in [0, 0.05) is 19.0 Å². The minimum atomic E-state index is -0.112. The molecule has 0 atom stereocenters. The van der Waals surface area contributed by atoms with Crippen molar-refractivity contribution in [1.29, 1.82) is 0 Å². The van der Waals surface area contributed by atoms with E-state index in [1.54, 1.807) is 18.0 Å². The number of carbonyl (C=O) groups excluding carboxylic acids is 1. The second kappa shape index (κ2) is 7.47. The summed E-state index contributed by atoms with van der Waals surface area (Å²) in [6, 6.07) is 9.69. The van der Waals surface area contributed by atoms with Crippen molar-refractivity contribution in [1.82, 2.24) is 14.7 Å². The molecule has 0 radical (unpaired) electrons. The Kier molecular flexibility index (Phi) is 4.90. The van der Waals surface area contributed by atoms with Gasteiger partial charge in [-0.25, -0.2) is 4.68 Å². The topological polar surface area (TPSA) is 65.8 Å². The van der Waals surface area contributed by atoms with Gasteiger partial charge in [0.15, 0.2) is 17.7 Å². The summed E-state index contributed by atoms with van der Waals surface area (Å²) in [4.78, 5) is 14.8. The number of hydrogen-bond donors (Lipinski definition) is 0. The van der Waals surface area contributed by atoms with Gasteiger partial charge in [-0.3, -0.25) is 4.79 Å². The molecular formula is C19H23N3O4. The maximum Gasteiger partial charge on any atom is 0.278 e. The molecule has 0 unspecified atom stereocenters. The zero-order valence-corrected chi connectivity index (χ0v) is 14.8. The first-order valence-corrected chi connectivity index (χ1v) is 8.98. The number of para-hydroxylation sites is 1. The fourth-order valence-corrected chi connectivity index (χ4v) is 3.54. The Morgan fingerprint density at radius 3 is 2.50 bits per heavy atom. The van der Waals surface area contributed by atoms with E-state index in [-0.39, 0.29) is 12.2 Å². The lowest BCUT2D eigenvalue weighted by Crippen LogP contribution is -2.41. The van der Waals surface area contributed by atoms with Crippen molar-refractivity contribution in [3.05, 3.63) is 42.2 Å². The molecule has 2 saturated heterocycles. The molecule has 0 bridgehead atoms. The lowest BCUT2D eigenvalue weighted by Gasteiger charge is -2.33. The second-order valence-electron chi connectivity index (χ2n) is 6.57. The van der Waals surface area contributed by atoms with E-state index in [1.807, 2.05) is 35.2 Å². The Bertz CT molecular complexity index is 747. The summed E-state index contributed by atoms with van der Waals surface area (Å²) >= 11 is 0. The number of amides is 1. The van der Waals surface area contributed by atoms with Crippen molar-refractivity contribution >= 4 is 5.91 Å². The van der Waals surface area contributed by atoms with Gasteiger partial charge >= 0.3 is 0 Å². The first-order chi connectivity index (χ1) is 12.8. The molecule has 7 nitrogen and oxygen atoms in total. The van der Waals surface area contributed by atoms with Gasteiger partial charge in [-0.05, 0) is 25.0 Å². The summed E-state index contributed by atoms with van der Waals surface area (Å²) in [6.07, 6.45) is 3.38. The predicted molar refractivity (Wildman–Crippen MR) is 94.4 cm³/mol. The number of nitrogens with zero attached hydrogens (tertiary/aromatic N) is 3. The summed E-state index contributed by atoms with van der Waals surface area (Å²) in [7, 11) is 1.56. The van der Waals surface area contributed by atoms with Gasteiger partial charge in [-0.2, -0.15) is 5.10 Å². The monoisotopic (exact) mass is 357 g/mol. The largest absolute Gasteiger partial charge is 0.493 e. The van der Waals surface area contributed by atoms with Crippen LogP contribution in [0.1, 0.15) is 23.3 Å². The van der Waals surface area contributed by atoms with Gasteiger partial charge in [0.1, 0.15) is 0 Å². The van der Waals surface area contributed by atoms with Gasteiger partial charge in [0.25, 0.3) is 5.91 Å². The Morgan fingerprint density at radius 1 is 1.15 bits per heavy atom. The molecule has 2 aromatic rings. The Balaban J connectivity index is 1.47. The van der Waals surface area contributed by atoms with Crippen LogP contribution in [-0.2, 0) is 9.47 Å². The summed E-state index contributed by atoms with van der Waals surface area (Å²) in [6.45, 7) is 2.68. The number of likely N-dealkylation sites (tertiary alicyclic amines) is 1. The van der Waals surface area contributed by atoms with Crippen LogP contribution in [0.3, 0.4) is 0 Å². The molecule has 2 aliphatic rings. The Labute approximate surface area is 152 Å². The molecule has 2 aliphatic heterocycles. The highest BCUT2D eigenvalue weighted by molar-refractivity contribution is 5.95. The van der Waals surface area contributed by atoms with Crippen LogP contribution in [-0.4, -0.2) is 60.3 Å². The molecule has 1 amide bonds. The van der Waals surface area contributed by atoms with Crippen LogP contribution in [0.5, 0.6) is 5.75 Å². The van der Waals surface area contributed by atoms with Crippen LogP contribution in [0.25, 0.3) is 5.69 Å². The third-order valence-corrected chi connectivity index (χ3v) is 4.98. The number of ether oxygens (including phenoxy) is 3. The minimum Gasteiger partial charge on any atom is -0.493 e. The zero-order chi connectivity index (χ0) is 17.9. The summed E-state index contributed by atoms with van der Waals surface area (Å²) in [5.74, 6) is 0.747. The van der Waals surface area contributed by atoms with E-state index >= 15 is 0 Å². The van der Waals surface area contributed by atoms with E-state index in [4.69, 9.17) is 14.2 Å². The first kappa shape index (κ1) is 17.1. The highest BCUT2D eigenvalue weighted by atomic mass is 16.7. The molecule has 0 N–H and O–H groups in total. The van der Waals surface area contributed by atoms with E-state index in [0.29, 0.717) is 43.7 Å².